The van der Waals surface area contributed by atoms with E-state index in [-0.39, 0.29) is 5.91 Å². The molecule has 1 amide bonds. The summed E-state index contributed by atoms with van der Waals surface area (Å²) in [5.41, 5.74) is 2.34. The molecule has 1 heterocycles. The third kappa shape index (κ3) is 3.70. The van der Waals surface area contributed by atoms with E-state index < -0.39 is 5.97 Å². The van der Waals surface area contributed by atoms with Gasteiger partial charge < -0.3 is 10.0 Å². The Hall–Kier alpha value is -2.10. The molecule has 0 saturated carbocycles. The second kappa shape index (κ2) is 6.37. The molecule has 1 aromatic carbocycles. The molecule has 0 spiro atoms. The van der Waals surface area contributed by atoms with Crippen LogP contribution in [0.2, 0.25) is 0 Å². The van der Waals surface area contributed by atoms with Gasteiger partial charge in [0.2, 0.25) is 0 Å². The van der Waals surface area contributed by atoms with Gasteiger partial charge in [-0.25, -0.2) is 4.79 Å². The molecule has 1 aromatic rings. The molecular weight excluding hydrogens is 254 g/mol. The van der Waals surface area contributed by atoms with Crippen molar-refractivity contribution in [3.63, 3.8) is 0 Å². The molecule has 0 bridgehead atoms. The lowest BCUT2D eigenvalue weighted by Gasteiger charge is -2.27. The minimum absolute atomic E-state index is 0.0402. The number of nitrogens with zero attached hydrogens (tertiary/aromatic N) is 1. The van der Waals surface area contributed by atoms with Gasteiger partial charge in [-0.1, -0.05) is 6.07 Å². The van der Waals surface area contributed by atoms with E-state index in [0.29, 0.717) is 5.56 Å². The fourth-order valence-corrected chi connectivity index (χ4v) is 2.48. The zero-order chi connectivity index (χ0) is 14.5. The summed E-state index contributed by atoms with van der Waals surface area (Å²) in [5.74, 6) is -0.950. The quantitative estimate of drug-likeness (QED) is 0.861. The van der Waals surface area contributed by atoms with E-state index in [1.165, 1.54) is 12.5 Å². The molecule has 1 N–H and O–H groups in total. The van der Waals surface area contributed by atoms with Crippen LogP contribution in [0.3, 0.4) is 0 Å². The molecule has 2 rings (SSSR count). The molecule has 0 radical (unpaired) electrons. The Labute approximate surface area is 118 Å². The van der Waals surface area contributed by atoms with Gasteiger partial charge in [-0.15, -0.1) is 0 Å². The van der Waals surface area contributed by atoms with Crippen molar-refractivity contribution in [1.82, 2.24) is 4.90 Å². The van der Waals surface area contributed by atoms with Gasteiger partial charge in [0.25, 0.3) is 5.91 Å². The standard InChI is InChI=1S/C16H19NO3/c1-12-9-13(5-6-15(18)19)11-14(10-12)16(20)17-7-3-2-4-8-17/h5-6,9-11H,2-4,7-8H2,1H3,(H,18,19)/b6-5+. The van der Waals surface area contributed by atoms with E-state index >= 15 is 0 Å². The highest BCUT2D eigenvalue weighted by Crippen LogP contribution is 2.16. The van der Waals surface area contributed by atoms with E-state index in [0.717, 1.165) is 43.1 Å². The summed E-state index contributed by atoms with van der Waals surface area (Å²) in [6.07, 6.45) is 5.91. The lowest BCUT2D eigenvalue weighted by molar-refractivity contribution is -0.131. The van der Waals surface area contributed by atoms with Gasteiger partial charge in [0.15, 0.2) is 0 Å². The smallest absolute Gasteiger partial charge is 0.328 e. The van der Waals surface area contributed by atoms with Crippen molar-refractivity contribution in [3.05, 3.63) is 41.0 Å². The molecule has 1 aliphatic heterocycles. The summed E-state index contributed by atoms with van der Waals surface area (Å²) in [5, 5.41) is 8.66. The Morgan fingerprint density at radius 2 is 1.85 bits per heavy atom. The van der Waals surface area contributed by atoms with Gasteiger partial charge in [0, 0.05) is 24.7 Å². The Bertz CT molecular complexity index is 543. The van der Waals surface area contributed by atoms with E-state index in [1.54, 1.807) is 6.07 Å². The third-order valence-corrected chi connectivity index (χ3v) is 3.41. The lowest BCUT2D eigenvalue weighted by atomic mass is 10.0. The molecular formula is C16H19NO3. The predicted octanol–water partition coefficient (Wildman–Crippen LogP) is 2.72. The first-order valence-electron chi connectivity index (χ1n) is 6.88. The number of piperidine rings is 1. The van der Waals surface area contributed by atoms with Gasteiger partial charge in [0.1, 0.15) is 0 Å². The minimum atomic E-state index is -0.990. The zero-order valence-electron chi connectivity index (χ0n) is 11.6. The molecule has 0 unspecified atom stereocenters. The number of carboxylic acids is 1. The number of aliphatic carboxylic acids is 1. The van der Waals surface area contributed by atoms with Crippen LogP contribution in [0.1, 0.15) is 40.7 Å². The second-order valence-corrected chi connectivity index (χ2v) is 5.16. The van der Waals surface area contributed by atoms with E-state index in [2.05, 4.69) is 0 Å². The van der Waals surface area contributed by atoms with Crippen molar-refractivity contribution in [2.45, 2.75) is 26.2 Å². The van der Waals surface area contributed by atoms with Crippen molar-refractivity contribution in [3.8, 4) is 0 Å². The average molecular weight is 273 g/mol. The van der Waals surface area contributed by atoms with Gasteiger partial charge in [-0.2, -0.15) is 0 Å². The predicted molar refractivity (Wildman–Crippen MR) is 77.6 cm³/mol. The van der Waals surface area contributed by atoms with Crippen LogP contribution in [-0.2, 0) is 4.79 Å². The molecule has 4 nitrogen and oxygen atoms in total. The summed E-state index contributed by atoms with van der Waals surface area (Å²) in [6, 6.07) is 5.48. The normalized spacial score (nSPS) is 15.6. The zero-order valence-corrected chi connectivity index (χ0v) is 11.6. The summed E-state index contributed by atoms with van der Waals surface area (Å²) in [6.45, 7) is 3.53. The number of likely N-dealkylation sites (tertiary alicyclic amines) is 1. The van der Waals surface area contributed by atoms with Crippen molar-refractivity contribution in [2.24, 2.45) is 0 Å². The van der Waals surface area contributed by atoms with Crippen LogP contribution in [0.5, 0.6) is 0 Å². The number of hydrogen-bond donors (Lipinski definition) is 1. The van der Waals surface area contributed by atoms with Crippen LogP contribution in [0, 0.1) is 6.92 Å². The van der Waals surface area contributed by atoms with Crippen LogP contribution in [0.15, 0.2) is 24.3 Å². The first-order chi connectivity index (χ1) is 9.56. The maximum atomic E-state index is 12.4. The topological polar surface area (TPSA) is 57.6 Å². The van der Waals surface area contributed by atoms with Gasteiger partial charge in [0.05, 0.1) is 0 Å². The number of hydrogen-bond acceptors (Lipinski definition) is 2. The van der Waals surface area contributed by atoms with Crippen LogP contribution in [-0.4, -0.2) is 35.0 Å². The molecule has 0 atom stereocenters. The minimum Gasteiger partial charge on any atom is -0.478 e. The Morgan fingerprint density at radius 1 is 1.15 bits per heavy atom. The molecule has 1 aliphatic rings. The number of aryl methyl sites for hydroxylation is 1. The summed E-state index contributed by atoms with van der Waals surface area (Å²) in [7, 11) is 0. The fraction of sp³-hybridized carbons (Fsp3) is 0.375. The molecule has 1 saturated heterocycles. The summed E-state index contributed by atoms with van der Waals surface area (Å²) >= 11 is 0. The largest absolute Gasteiger partial charge is 0.478 e. The fourth-order valence-electron chi connectivity index (χ4n) is 2.48. The number of amides is 1. The number of carbonyl (C=O) groups excluding carboxylic acids is 1. The molecule has 4 heteroatoms. The monoisotopic (exact) mass is 273 g/mol. The maximum Gasteiger partial charge on any atom is 0.328 e. The number of carboxylic acid groups (broad SMARTS) is 1. The van der Waals surface area contributed by atoms with Crippen molar-refractivity contribution >= 4 is 18.0 Å². The first-order valence-corrected chi connectivity index (χ1v) is 6.88. The number of benzene rings is 1. The van der Waals surface area contributed by atoms with E-state index in [1.807, 2.05) is 24.0 Å². The third-order valence-electron chi connectivity index (χ3n) is 3.41. The first kappa shape index (κ1) is 14.3. The highest BCUT2D eigenvalue weighted by molar-refractivity contribution is 5.95. The van der Waals surface area contributed by atoms with E-state index in [9.17, 15) is 9.59 Å². The summed E-state index contributed by atoms with van der Waals surface area (Å²) in [4.78, 5) is 24.9. The molecule has 0 aromatic heterocycles. The molecule has 20 heavy (non-hydrogen) atoms. The SMILES string of the molecule is Cc1cc(/C=C/C(=O)O)cc(C(=O)N2CCCCC2)c1. The summed E-state index contributed by atoms with van der Waals surface area (Å²) < 4.78 is 0. The number of rotatable bonds is 3. The van der Waals surface area contributed by atoms with E-state index in [4.69, 9.17) is 5.11 Å². The maximum absolute atomic E-state index is 12.4. The van der Waals surface area contributed by atoms with Crippen LogP contribution >= 0.6 is 0 Å². The Balaban J connectivity index is 2.22. The molecule has 106 valence electrons. The second-order valence-electron chi connectivity index (χ2n) is 5.16. The Kier molecular flexibility index (Phi) is 4.56. The lowest BCUT2D eigenvalue weighted by Crippen LogP contribution is -2.35. The van der Waals surface area contributed by atoms with Gasteiger partial charge in [-0.3, -0.25) is 4.79 Å². The molecule has 1 fully saturated rings. The van der Waals surface area contributed by atoms with Gasteiger partial charge >= 0.3 is 5.97 Å². The average Bonchev–Trinajstić information content (AvgIpc) is 2.44. The highest BCUT2D eigenvalue weighted by atomic mass is 16.4. The van der Waals surface area contributed by atoms with Gasteiger partial charge in [-0.05, 0) is 55.5 Å². The number of carbonyl (C=O) groups is 2. The van der Waals surface area contributed by atoms with Crippen LogP contribution in [0.25, 0.3) is 6.08 Å². The van der Waals surface area contributed by atoms with Crippen molar-refractivity contribution < 1.29 is 14.7 Å². The van der Waals surface area contributed by atoms with Crippen molar-refractivity contribution in [1.29, 1.82) is 0 Å². The Morgan fingerprint density at radius 3 is 2.50 bits per heavy atom. The van der Waals surface area contributed by atoms with Crippen molar-refractivity contribution in [2.75, 3.05) is 13.1 Å². The highest BCUT2D eigenvalue weighted by Gasteiger charge is 2.18. The van der Waals surface area contributed by atoms with Crippen LogP contribution in [0.4, 0.5) is 0 Å². The van der Waals surface area contributed by atoms with Crippen LogP contribution < -0.4 is 0 Å². The molecule has 0 aliphatic carbocycles.